The fourth-order valence-electron chi connectivity index (χ4n) is 3.20. The van der Waals surface area contributed by atoms with Gasteiger partial charge in [0.15, 0.2) is 0 Å². The fraction of sp³-hybridized carbons (Fsp3) is 0.769. The largest absolute Gasteiger partial charge is 0.302 e. The van der Waals surface area contributed by atoms with Crippen molar-refractivity contribution in [2.24, 2.45) is 5.92 Å². The van der Waals surface area contributed by atoms with Crippen molar-refractivity contribution < 1.29 is 0 Å². The van der Waals surface area contributed by atoms with Crippen LogP contribution in [0, 0.1) is 5.92 Å². The van der Waals surface area contributed by atoms with E-state index in [2.05, 4.69) is 22.6 Å². The van der Waals surface area contributed by atoms with Crippen molar-refractivity contribution in [1.82, 2.24) is 10.3 Å². The van der Waals surface area contributed by atoms with Crippen LogP contribution in [0.4, 0.5) is 0 Å². The van der Waals surface area contributed by atoms with Gasteiger partial charge in [-0.05, 0) is 31.6 Å². The van der Waals surface area contributed by atoms with E-state index in [1.807, 2.05) is 17.5 Å². The van der Waals surface area contributed by atoms with E-state index in [0.29, 0.717) is 0 Å². The first-order valence-electron chi connectivity index (χ1n) is 6.53. The first kappa shape index (κ1) is 10.7. The maximum Gasteiger partial charge on any atom is 0.113 e. The third-order valence-electron chi connectivity index (χ3n) is 4.17. The molecule has 1 heterocycles. The van der Waals surface area contributed by atoms with Gasteiger partial charge in [-0.3, -0.25) is 0 Å². The first-order chi connectivity index (χ1) is 7.85. The van der Waals surface area contributed by atoms with Crippen LogP contribution in [0.3, 0.4) is 0 Å². The monoisotopic (exact) mass is 236 g/mol. The molecule has 88 valence electrons. The Balaban J connectivity index is 1.92. The van der Waals surface area contributed by atoms with E-state index in [1.54, 1.807) is 0 Å². The van der Waals surface area contributed by atoms with Crippen molar-refractivity contribution >= 4 is 11.3 Å². The van der Waals surface area contributed by atoms with E-state index in [1.165, 1.54) is 43.5 Å². The molecular formula is C13H20N2S. The summed E-state index contributed by atoms with van der Waals surface area (Å²) in [6.07, 6.45) is 9.98. The van der Waals surface area contributed by atoms with Crippen LogP contribution in [0.2, 0.25) is 0 Å². The minimum absolute atomic E-state index is 0.226. The van der Waals surface area contributed by atoms with Crippen LogP contribution in [-0.2, 0) is 5.54 Å². The van der Waals surface area contributed by atoms with E-state index in [0.717, 1.165) is 12.0 Å². The van der Waals surface area contributed by atoms with Gasteiger partial charge in [0.2, 0.25) is 0 Å². The molecule has 2 unspecified atom stereocenters. The van der Waals surface area contributed by atoms with Gasteiger partial charge in [-0.1, -0.05) is 19.8 Å². The summed E-state index contributed by atoms with van der Waals surface area (Å²) in [5.74, 6) is 0.791. The Hall–Kier alpha value is -0.410. The number of nitrogens with zero attached hydrogens (tertiary/aromatic N) is 1. The molecule has 0 aliphatic heterocycles. The van der Waals surface area contributed by atoms with Gasteiger partial charge < -0.3 is 5.32 Å². The van der Waals surface area contributed by atoms with Crippen LogP contribution >= 0.6 is 11.3 Å². The minimum Gasteiger partial charge on any atom is -0.302 e. The highest BCUT2D eigenvalue weighted by Crippen LogP contribution is 2.47. The number of hydrogen-bond acceptors (Lipinski definition) is 3. The molecule has 16 heavy (non-hydrogen) atoms. The van der Waals surface area contributed by atoms with Crippen molar-refractivity contribution in [3.05, 3.63) is 16.6 Å². The Labute approximate surface area is 101 Å². The lowest BCUT2D eigenvalue weighted by atomic mass is 9.85. The molecule has 3 heteroatoms. The summed E-state index contributed by atoms with van der Waals surface area (Å²) in [7, 11) is 0. The van der Waals surface area contributed by atoms with Gasteiger partial charge in [0.25, 0.3) is 0 Å². The molecule has 1 N–H and O–H groups in total. The normalized spacial score (nSPS) is 34.4. The van der Waals surface area contributed by atoms with Crippen molar-refractivity contribution in [3.8, 4) is 0 Å². The third-order valence-corrected chi connectivity index (χ3v) is 5.12. The number of thiazole rings is 1. The summed E-state index contributed by atoms with van der Waals surface area (Å²) in [6, 6.07) is 0.774. The molecule has 0 aromatic carbocycles. The fourth-order valence-corrected chi connectivity index (χ4v) is 4.11. The molecule has 2 saturated carbocycles. The van der Waals surface area contributed by atoms with Crippen LogP contribution in [0.5, 0.6) is 0 Å². The quantitative estimate of drug-likeness (QED) is 0.867. The number of rotatable bonds is 4. The summed E-state index contributed by atoms with van der Waals surface area (Å²) in [5, 5.41) is 7.38. The zero-order chi connectivity index (χ0) is 11.0. The number of hydrogen-bond donors (Lipinski definition) is 1. The topological polar surface area (TPSA) is 24.9 Å². The third kappa shape index (κ3) is 1.70. The van der Waals surface area contributed by atoms with E-state index in [9.17, 15) is 0 Å². The van der Waals surface area contributed by atoms with Crippen molar-refractivity contribution in [2.45, 2.75) is 57.0 Å². The average Bonchev–Trinajstić information content (AvgIpc) is 2.84. The van der Waals surface area contributed by atoms with Crippen LogP contribution in [-0.4, -0.2) is 11.0 Å². The molecule has 0 radical (unpaired) electrons. The molecule has 0 spiro atoms. The first-order valence-corrected chi connectivity index (χ1v) is 7.41. The van der Waals surface area contributed by atoms with Crippen LogP contribution in [0.15, 0.2) is 11.6 Å². The zero-order valence-electron chi connectivity index (χ0n) is 9.91. The summed E-state index contributed by atoms with van der Waals surface area (Å²) in [5.41, 5.74) is 0.226. The smallest absolute Gasteiger partial charge is 0.113 e. The molecule has 0 bridgehead atoms. The predicted octanol–water partition coefficient (Wildman–Crippen LogP) is 3.30. The lowest BCUT2D eigenvalue weighted by molar-refractivity contribution is 0.236. The highest BCUT2D eigenvalue weighted by Gasteiger charge is 2.47. The van der Waals surface area contributed by atoms with Gasteiger partial charge >= 0.3 is 0 Å². The Kier molecular flexibility index (Phi) is 2.76. The minimum atomic E-state index is 0.226. The molecule has 2 aliphatic rings. The molecule has 2 aliphatic carbocycles. The molecule has 2 atom stereocenters. The van der Waals surface area contributed by atoms with Gasteiger partial charge in [-0.2, -0.15) is 0 Å². The Morgan fingerprint density at radius 1 is 1.50 bits per heavy atom. The standard InChI is InChI=1S/C13H20N2S/c1-2-10-4-3-7-13(10,15-11-5-6-11)12-14-8-9-16-12/h8-11,15H,2-7H2,1H3. The second-order valence-corrected chi connectivity index (χ2v) is 6.12. The summed E-state index contributed by atoms with van der Waals surface area (Å²) >= 11 is 1.83. The van der Waals surface area contributed by atoms with Crippen molar-refractivity contribution in [1.29, 1.82) is 0 Å². The Morgan fingerprint density at radius 3 is 3.00 bits per heavy atom. The summed E-state index contributed by atoms with van der Waals surface area (Å²) in [6.45, 7) is 2.33. The molecule has 1 aromatic heterocycles. The van der Waals surface area contributed by atoms with Gasteiger partial charge in [0.1, 0.15) is 5.01 Å². The highest BCUT2D eigenvalue weighted by atomic mass is 32.1. The van der Waals surface area contributed by atoms with Gasteiger partial charge in [0, 0.05) is 17.6 Å². The zero-order valence-corrected chi connectivity index (χ0v) is 10.7. The highest BCUT2D eigenvalue weighted by molar-refractivity contribution is 7.09. The van der Waals surface area contributed by atoms with Gasteiger partial charge in [-0.15, -0.1) is 11.3 Å². The maximum absolute atomic E-state index is 4.61. The molecule has 0 saturated heterocycles. The second-order valence-electron chi connectivity index (χ2n) is 5.22. The van der Waals surface area contributed by atoms with Crippen molar-refractivity contribution in [3.63, 3.8) is 0 Å². The van der Waals surface area contributed by atoms with Crippen LogP contribution in [0.25, 0.3) is 0 Å². The second kappa shape index (κ2) is 4.11. The predicted molar refractivity (Wildman–Crippen MR) is 67.6 cm³/mol. The molecule has 3 rings (SSSR count). The van der Waals surface area contributed by atoms with E-state index < -0.39 is 0 Å². The average molecular weight is 236 g/mol. The molecule has 2 nitrogen and oxygen atoms in total. The Morgan fingerprint density at radius 2 is 2.38 bits per heavy atom. The van der Waals surface area contributed by atoms with Crippen LogP contribution in [0.1, 0.15) is 50.5 Å². The molecular weight excluding hydrogens is 216 g/mol. The molecule has 1 aromatic rings. The van der Waals surface area contributed by atoms with Crippen molar-refractivity contribution in [2.75, 3.05) is 0 Å². The lowest BCUT2D eigenvalue weighted by Crippen LogP contribution is -2.46. The Bertz CT molecular complexity index is 345. The van der Waals surface area contributed by atoms with E-state index >= 15 is 0 Å². The molecule has 0 amide bonds. The summed E-state index contributed by atoms with van der Waals surface area (Å²) in [4.78, 5) is 4.61. The lowest BCUT2D eigenvalue weighted by Gasteiger charge is -2.35. The summed E-state index contributed by atoms with van der Waals surface area (Å²) < 4.78 is 0. The number of nitrogens with one attached hydrogen (secondary N) is 1. The number of aromatic nitrogens is 1. The van der Waals surface area contributed by atoms with Crippen LogP contribution < -0.4 is 5.32 Å². The van der Waals surface area contributed by atoms with Gasteiger partial charge in [0.05, 0.1) is 5.54 Å². The van der Waals surface area contributed by atoms with E-state index in [4.69, 9.17) is 0 Å². The maximum atomic E-state index is 4.61. The van der Waals surface area contributed by atoms with E-state index in [-0.39, 0.29) is 5.54 Å². The van der Waals surface area contributed by atoms with Gasteiger partial charge in [-0.25, -0.2) is 4.98 Å². The SMILES string of the molecule is CCC1CCCC1(NC1CC1)c1nccs1. The molecule has 2 fully saturated rings.